The lowest BCUT2D eigenvalue weighted by Crippen LogP contribution is -2.23. The van der Waals surface area contributed by atoms with Crippen LogP contribution in [0.4, 0.5) is 13.2 Å². The van der Waals surface area contributed by atoms with Crippen molar-refractivity contribution in [2.45, 2.75) is 33.7 Å². The van der Waals surface area contributed by atoms with Crippen molar-refractivity contribution in [2.24, 2.45) is 11.8 Å². The molecule has 1 unspecified atom stereocenters. The molecular formula is C14H20F3NO. The number of ether oxygens (including phenoxy) is 1. The van der Waals surface area contributed by atoms with Gasteiger partial charge < -0.3 is 10.1 Å². The summed E-state index contributed by atoms with van der Waals surface area (Å²) in [6.45, 7) is 8.02. The van der Waals surface area contributed by atoms with Crippen LogP contribution in [0.2, 0.25) is 0 Å². The smallest absolute Gasteiger partial charge is 0.406 e. The largest absolute Gasteiger partial charge is 0.573 e. The van der Waals surface area contributed by atoms with Gasteiger partial charge in [0.1, 0.15) is 5.75 Å². The van der Waals surface area contributed by atoms with Crippen LogP contribution in [0.25, 0.3) is 0 Å². The molecule has 5 heteroatoms. The number of rotatable bonds is 6. The Labute approximate surface area is 112 Å². The predicted octanol–water partition coefficient (Wildman–Crippen LogP) is 3.97. The Morgan fingerprint density at radius 2 is 1.68 bits per heavy atom. The van der Waals surface area contributed by atoms with Crippen LogP contribution in [0.1, 0.15) is 26.3 Å². The van der Waals surface area contributed by atoms with Gasteiger partial charge in [-0.25, -0.2) is 0 Å². The van der Waals surface area contributed by atoms with Gasteiger partial charge in [0.2, 0.25) is 0 Å². The summed E-state index contributed by atoms with van der Waals surface area (Å²) in [5.74, 6) is 0.981. The summed E-state index contributed by atoms with van der Waals surface area (Å²) in [5.41, 5.74) is 0.936. The first kappa shape index (κ1) is 15.8. The molecule has 0 bridgehead atoms. The molecule has 0 aromatic heterocycles. The Hall–Kier alpha value is -1.23. The van der Waals surface area contributed by atoms with Crippen LogP contribution < -0.4 is 10.1 Å². The van der Waals surface area contributed by atoms with Gasteiger partial charge >= 0.3 is 6.36 Å². The number of benzene rings is 1. The first-order valence-corrected chi connectivity index (χ1v) is 6.33. The molecule has 108 valence electrons. The van der Waals surface area contributed by atoms with Gasteiger partial charge in [-0.15, -0.1) is 13.2 Å². The van der Waals surface area contributed by atoms with Gasteiger partial charge in [-0.2, -0.15) is 0 Å². The number of halogens is 3. The number of nitrogens with one attached hydrogen (secondary N) is 1. The lowest BCUT2D eigenvalue weighted by atomic mass is 9.98. The Morgan fingerprint density at radius 1 is 1.11 bits per heavy atom. The van der Waals surface area contributed by atoms with Crippen molar-refractivity contribution < 1.29 is 17.9 Å². The molecule has 0 aliphatic rings. The maximum Gasteiger partial charge on any atom is 0.573 e. The summed E-state index contributed by atoms with van der Waals surface area (Å²) < 4.78 is 39.7. The highest BCUT2D eigenvalue weighted by atomic mass is 19.4. The van der Waals surface area contributed by atoms with Crippen molar-refractivity contribution in [1.82, 2.24) is 5.32 Å². The molecule has 1 rings (SSSR count). The van der Waals surface area contributed by atoms with E-state index in [0.717, 1.165) is 12.1 Å². The fourth-order valence-electron chi connectivity index (χ4n) is 1.49. The third-order valence-electron chi connectivity index (χ3n) is 3.09. The Balaban J connectivity index is 2.40. The number of hydrogen-bond donors (Lipinski definition) is 1. The van der Waals surface area contributed by atoms with Crippen molar-refractivity contribution in [1.29, 1.82) is 0 Å². The second kappa shape index (κ2) is 6.80. The zero-order chi connectivity index (χ0) is 14.5. The summed E-state index contributed by atoms with van der Waals surface area (Å²) in [4.78, 5) is 0. The molecule has 1 aromatic carbocycles. The van der Waals surface area contributed by atoms with E-state index in [0.29, 0.717) is 18.4 Å². The van der Waals surface area contributed by atoms with E-state index in [-0.39, 0.29) is 5.75 Å². The van der Waals surface area contributed by atoms with E-state index in [4.69, 9.17) is 0 Å². The van der Waals surface area contributed by atoms with E-state index in [2.05, 4.69) is 30.8 Å². The topological polar surface area (TPSA) is 21.3 Å². The minimum absolute atomic E-state index is 0.188. The van der Waals surface area contributed by atoms with Gasteiger partial charge in [-0.05, 0) is 36.1 Å². The quantitative estimate of drug-likeness (QED) is 0.848. The molecule has 0 aliphatic carbocycles. The van der Waals surface area contributed by atoms with Crippen LogP contribution in [-0.2, 0) is 6.54 Å². The summed E-state index contributed by atoms with van der Waals surface area (Å²) >= 11 is 0. The average Bonchev–Trinajstić information content (AvgIpc) is 2.29. The van der Waals surface area contributed by atoms with Gasteiger partial charge in [-0.3, -0.25) is 0 Å². The Kier molecular flexibility index (Phi) is 5.66. The molecule has 1 aromatic rings. The lowest BCUT2D eigenvalue weighted by molar-refractivity contribution is -0.274. The molecule has 0 saturated heterocycles. The van der Waals surface area contributed by atoms with Crippen molar-refractivity contribution in [2.75, 3.05) is 6.54 Å². The van der Waals surface area contributed by atoms with Crippen LogP contribution in [0.3, 0.4) is 0 Å². The van der Waals surface area contributed by atoms with Gasteiger partial charge in [0, 0.05) is 6.54 Å². The third-order valence-corrected chi connectivity index (χ3v) is 3.09. The molecule has 1 N–H and O–H groups in total. The summed E-state index contributed by atoms with van der Waals surface area (Å²) in [5, 5.41) is 3.29. The highest BCUT2D eigenvalue weighted by Crippen LogP contribution is 2.22. The van der Waals surface area contributed by atoms with Gasteiger partial charge in [-0.1, -0.05) is 32.9 Å². The van der Waals surface area contributed by atoms with Gasteiger partial charge in [0.25, 0.3) is 0 Å². The monoisotopic (exact) mass is 275 g/mol. The average molecular weight is 275 g/mol. The SMILES string of the molecule is CC(C)C(C)CNCc1ccc(OC(F)(F)F)cc1. The minimum atomic E-state index is -4.63. The molecule has 0 spiro atoms. The predicted molar refractivity (Wildman–Crippen MR) is 68.8 cm³/mol. The van der Waals surface area contributed by atoms with Crippen LogP contribution in [-0.4, -0.2) is 12.9 Å². The van der Waals surface area contributed by atoms with Crippen molar-refractivity contribution in [3.8, 4) is 5.75 Å². The summed E-state index contributed by atoms with van der Waals surface area (Å²) in [7, 11) is 0. The van der Waals surface area contributed by atoms with Gasteiger partial charge in [0.05, 0.1) is 0 Å². The summed E-state index contributed by atoms with van der Waals surface area (Å²) in [6.07, 6.45) is -4.63. The van der Waals surface area contributed by atoms with Crippen LogP contribution >= 0.6 is 0 Å². The molecule has 0 amide bonds. The van der Waals surface area contributed by atoms with Gasteiger partial charge in [0.15, 0.2) is 0 Å². The van der Waals surface area contributed by atoms with Crippen LogP contribution in [0.15, 0.2) is 24.3 Å². The van der Waals surface area contributed by atoms with Crippen LogP contribution in [0, 0.1) is 11.8 Å². The normalized spacial score (nSPS) is 13.6. The molecule has 0 aliphatic heterocycles. The van der Waals surface area contributed by atoms with E-state index in [1.807, 2.05) is 0 Å². The Morgan fingerprint density at radius 3 is 2.16 bits per heavy atom. The Bertz CT molecular complexity index is 373. The highest BCUT2D eigenvalue weighted by Gasteiger charge is 2.30. The molecular weight excluding hydrogens is 255 g/mol. The van der Waals surface area contributed by atoms with Crippen molar-refractivity contribution >= 4 is 0 Å². The molecule has 0 fully saturated rings. The highest BCUT2D eigenvalue weighted by molar-refractivity contribution is 5.27. The molecule has 0 heterocycles. The molecule has 0 saturated carbocycles. The summed E-state index contributed by atoms with van der Waals surface area (Å²) in [6, 6.07) is 5.93. The lowest BCUT2D eigenvalue weighted by Gasteiger charge is -2.16. The fraction of sp³-hybridized carbons (Fsp3) is 0.571. The standard InChI is InChI=1S/C14H20F3NO/c1-10(2)11(3)8-18-9-12-4-6-13(7-5-12)19-14(15,16)17/h4-7,10-11,18H,8-9H2,1-3H3. The first-order valence-electron chi connectivity index (χ1n) is 6.33. The zero-order valence-corrected chi connectivity index (χ0v) is 11.4. The van der Waals surface area contributed by atoms with E-state index in [1.165, 1.54) is 12.1 Å². The maximum atomic E-state index is 12.0. The maximum absolute atomic E-state index is 12.0. The molecule has 19 heavy (non-hydrogen) atoms. The van der Waals surface area contributed by atoms with Crippen molar-refractivity contribution in [3.05, 3.63) is 29.8 Å². The van der Waals surface area contributed by atoms with E-state index < -0.39 is 6.36 Å². The molecule has 0 radical (unpaired) electrons. The second-order valence-electron chi connectivity index (χ2n) is 5.04. The van der Waals surface area contributed by atoms with E-state index in [1.54, 1.807) is 12.1 Å². The minimum Gasteiger partial charge on any atom is -0.406 e. The van der Waals surface area contributed by atoms with E-state index in [9.17, 15) is 13.2 Å². The number of hydrogen-bond acceptors (Lipinski definition) is 2. The number of alkyl halides is 3. The molecule has 2 nitrogen and oxygen atoms in total. The first-order chi connectivity index (χ1) is 8.78. The molecule has 1 atom stereocenters. The van der Waals surface area contributed by atoms with E-state index >= 15 is 0 Å². The fourth-order valence-corrected chi connectivity index (χ4v) is 1.49. The zero-order valence-electron chi connectivity index (χ0n) is 11.4. The van der Waals surface area contributed by atoms with Crippen LogP contribution in [0.5, 0.6) is 5.75 Å². The second-order valence-corrected chi connectivity index (χ2v) is 5.04. The third kappa shape index (κ3) is 6.47. The van der Waals surface area contributed by atoms with Crippen molar-refractivity contribution in [3.63, 3.8) is 0 Å².